The van der Waals surface area contributed by atoms with Crippen LogP contribution in [0.5, 0.6) is 0 Å². The normalized spacial score (nSPS) is 20.1. The maximum Gasteiger partial charge on any atom is 0.331 e. The Morgan fingerprint density at radius 2 is 1.52 bits per heavy atom. The molecule has 0 saturated carbocycles. The molecule has 27 heavy (non-hydrogen) atoms. The smallest absolute Gasteiger partial charge is 0.331 e. The number of hydrogen-bond acceptors (Lipinski definition) is 6. The summed E-state index contributed by atoms with van der Waals surface area (Å²) in [6.45, 7) is 11.6. The highest BCUT2D eigenvalue weighted by molar-refractivity contribution is 5.85. The van der Waals surface area contributed by atoms with Crippen molar-refractivity contribution >= 4 is 17.9 Å². The van der Waals surface area contributed by atoms with E-state index >= 15 is 0 Å². The van der Waals surface area contributed by atoms with Crippen molar-refractivity contribution in [3.05, 3.63) is 37.5 Å². The van der Waals surface area contributed by atoms with Crippen molar-refractivity contribution in [2.75, 3.05) is 19.8 Å². The van der Waals surface area contributed by atoms with Crippen molar-refractivity contribution in [1.29, 1.82) is 0 Å². The molecule has 0 amide bonds. The molecular weight excluding hydrogens is 356 g/mol. The Kier molecular flexibility index (Phi) is 13.4. The van der Waals surface area contributed by atoms with E-state index in [4.69, 9.17) is 24.4 Å². The molecule has 0 spiro atoms. The predicted molar refractivity (Wildman–Crippen MR) is 98.3 cm³/mol. The Bertz CT molecular complexity index is 512. The van der Waals surface area contributed by atoms with E-state index in [9.17, 15) is 14.4 Å². The minimum atomic E-state index is -0.981. The first kappa shape index (κ1) is 24.6. The molecule has 2 rings (SSSR count). The van der Waals surface area contributed by atoms with Gasteiger partial charge in [0.25, 0.3) is 0 Å². The SMILES string of the molecule is C=C(CC1CCCO1)C(=O)O.C=CC(=O)O.C=CC(=O)OCC1CCCO1. The van der Waals surface area contributed by atoms with E-state index in [1.54, 1.807) is 0 Å². The topological polar surface area (TPSA) is 119 Å². The first-order valence-corrected chi connectivity index (χ1v) is 8.59. The lowest BCUT2D eigenvalue weighted by Gasteiger charge is -2.07. The molecule has 8 heteroatoms. The molecule has 0 aromatic heterocycles. The summed E-state index contributed by atoms with van der Waals surface area (Å²) < 4.78 is 15.3. The van der Waals surface area contributed by atoms with Crippen molar-refractivity contribution in [3.8, 4) is 0 Å². The number of carbonyl (C=O) groups is 3. The second kappa shape index (κ2) is 14.7. The summed E-state index contributed by atoms with van der Waals surface area (Å²) in [5, 5.41) is 16.1. The van der Waals surface area contributed by atoms with Crippen LogP contribution < -0.4 is 0 Å². The van der Waals surface area contributed by atoms with Gasteiger partial charge in [0, 0.05) is 37.4 Å². The van der Waals surface area contributed by atoms with Gasteiger partial charge in [-0.25, -0.2) is 14.4 Å². The molecule has 2 N–H and O–H groups in total. The average Bonchev–Trinajstić information content (AvgIpc) is 3.34. The third-order valence-corrected chi connectivity index (χ3v) is 3.58. The van der Waals surface area contributed by atoms with Gasteiger partial charge in [-0.15, -0.1) is 0 Å². The van der Waals surface area contributed by atoms with Gasteiger partial charge in [0.15, 0.2) is 0 Å². The van der Waals surface area contributed by atoms with Crippen molar-refractivity contribution in [1.82, 2.24) is 0 Å². The lowest BCUT2D eigenvalue weighted by atomic mass is 10.1. The van der Waals surface area contributed by atoms with Crippen molar-refractivity contribution < 1.29 is 38.8 Å². The molecular formula is C19H28O8. The van der Waals surface area contributed by atoms with Crippen LogP contribution in [0.25, 0.3) is 0 Å². The van der Waals surface area contributed by atoms with E-state index in [0.717, 1.165) is 51.0 Å². The first-order chi connectivity index (χ1) is 12.8. The van der Waals surface area contributed by atoms with Gasteiger partial charge in [-0.3, -0.25) is 0 Å². The zero-order chi connectivity index (χ0) is 20.7. The molecule has 0 bridgehead atoms. The molecule has 2 unspecified atom stereocenters. The van der Waals surface area contributed by atoms with Gasteiger partial charge in [-0.1, -0.05) is 19.7 Å². The largest absolute Gasteiger partial charge is 0.478 e. The zero-order valence-corrected chi connectivity index (χ0v) is 15.4. The van der Waals surface area contributed by atoms with Gasteiger partial charge in [-0.2, -0.15) is 0 Å². The Labute approximate surface area is 159 Å². The number of carboxylic acids is 2. The number of hydrogen-bond donors (Lipinski definition) is 2. The fourth-order valence-electron chi connectivity index (χ4n) is 2.18. The molecule has 2 fully saturated rings. The monoisotopic (exact) mass is 384 g/mol. The standard InChI is InChI=1S/2C8H12O3.C3H4O2/c1-6(8(9)10)5-7-3-2-4-11-7;1-2-8(9)11-6-7-4-3-5-10-7;1-2-3(4)5/h7H,1-5H2,(H,9,10);2,7H,1,3-6H2;2H,1H2,(H,4,5). The van der Waals surface area contributed by atoms with Gasteiger partial charge < -0.3 is 24.4 Å². The van der Waals surface area contributed by atoms with Crippen molar-refractivity contribution in [3.63, 3.8) is 0 Å². The van der Waals surface area contributed by atoms with Gasteiger partial charge >= 0.3 is 17.9 Å². The number of carboxylic acid groups (broad SMARTS) is 2. The predicted octanol–water partition coefficient (Wildman–Crippen LogP) is 2.35. The quantitative estimate of drug-likeness (QED) is 0.507. The fraction of sp³-hybridized carbons (Fsp3) is 0.526. The van der Waals surface area contributed by atoms with Gasteiger partial charge in [0.05, 0.1) is 12.2 Å². The third-order valence-electron chi connectivity index (χ3n) is 3.58. The summed E-state index contributed by atoms with van der Waals surface area (Å²) in [6.07, 6.45) is 6.73. The zero-order valence-electron chi connectivity index (χ0n) is 15.4. The van der Waals surface area contributed by atoms with Gasteiger partial charge in [0.2, 0.25) is 0 Å². The maximum atomic E-state index is 10.6. The number of esters is 1. The minimum absolute atomic E-state index is 0.0959. The Morgan fingerprint density at radius 1 is 1.00 bits per heavy atom. The molecule has 2 atom stereocenters. The van der Waals surface area contributed by atoms with E-state index in [1.807, 2.05) is 0 Å². The molecule has 2 heterocycles. The van der Waals surface area contributed by atoms with Crippen molar-refractivity contribution in [2.24, 2.45) is 0 Å². The van der Waals surface area contributed by atoms with Crippen LogP contribution in [0.2, 0.25) is 0 Å². The average molecular weight is 384 g/mol. The second-order valence-corrected chi connectivity index (χ2v) is 5.76. The van der Waals surface area contributed by atoms with Crippen molar-refractivity contribution in [2.45, 2.75) is 44.3 Å². The summed E-state index contributed by atoms with van der Waals surface area (Å²) in [6, 6.07) is 0. The van der Waals surface area contributed by atoms with Crippen LogP contribution in [0.15, 0.2) is 37.5 Å². The Morgan fingerprint density at radius 3 is 1.89 bits per heavy atom. The summed E-state index contributed by atoms with van der Waals surface area (Å²) >= 11 is 0. The van der Waals surface area contributed by atoms with Crippen LogP contribution in [0.1, 0.15) is 32.1 Å². The number of ether oxygens (including phenoxy) is 3. The van der Waals surface area contributed by atoms with E-state index < -0.39 is 11.9 Å². The number of rotatable bonds is 7. The highest BCUT2D eigenvalue weighted by Gasteiger charge is 2.18. The van der Waals surface area contributed by atoms with Crippen LogP contribution >= 0.6 is 0 Å². The lowest BCUT2D eigenvalue weighted by molar-refractivity contribution is -0.141. The molecule has 8 nitrogen and oxygen atoms in total. The van der Waals surface area contributed by atoms with Gasteiger partial charge in [-0.05, 0) is 25.7 Å². The Balaban J connectivity index is 0.000000405. The van der Waals surface area contributed by atoms with Crippen LogP contribution in [0.4, 0.5) is 0 Å². The maximum absolute atomic E-state index is 10.6. The molecule has 2 aliphatic rings. The number of carbonyl (C=O) groups excluding carboxylic acids is 1. The third kappa shape index (κ3) is 13.4. The molecule has 0 aliphatic carbocycles. The molecule has 2 aliphatic heterocycles. The molecule has 2 saturated heterocycles. The summed E-state index contributed by atoms with van der Waals surface area (Å²) in [7, 11) is 0. The minimum Gasteiger partial charge on any atom is -0.478 e. The van der Waals surface area contributed by atoms with E-state index in [0.29, 0.717) is 13.0 Å². The van der Waals surface area contributed by atoms with E-state index in [-0.39, 0.29) is 23.8 Å². The highest BCUT2D eigenvalue weighted by Crippen LogP contribution is 2.18. The number of aliphatic carboxylic acids is 2. The van der Waals surface area contributed by atoms with Crippen LogP contribution in [0, 0.1) is 0 Å². The Hall–Kier alpha value is -2.45. The lowest BCUT2D eigenvalue weighted by Crippen LogP contribution is -2.16. The summed E-state index contributed by atoms with van der Waals surface area (Å²) in [4.78, 5) is 30.2. The van der Waals surface area contributed by atoms with Crippen LogP contribution in [-0.4, -0.2) is 60.1 Å². The molecule has 0 radical (unpaired) electrons. The first-order valence-electron chi connectivity index (χ1n) is 8.59. The summed E-state index contributed by atoms with van der Waals surface area (Å²) in [5.41, 5.74) is 0.247. The van der Waals surface area contributed by atoms with Gasteiger partial charge in [0.1, 0.15) is 6.61 Å². The van der Waals surface area contributed by atoms with Crippen LogP contribution in [-0.2, 0) is 28.6 Å². The molecule has 0 aromatic carbocycles. The summed E-state index contributed by atoms with van der Waals surface area (Å²) in [5.74, 6) is -2.27. The fourth-order valence-corrected chi connectivity index (χ4v) is 2.18. The van der Waals surface area contributed by atoms with Crippen LogP contribution in [0.3, 0.4) is 0 Å². The highest BCUT2D eigenvalue weighted by atomic mass is 16.6. The van der Waals surface area contributed by atoms with E-state index in [1.165, 1.54) is 0 Å². The molecule has 0 aromatic rings. The van der Waals surface area contributed by atoms with E-state index in [2.05, 4.69) is 19.7 Å². The second-order valence-electron chi connectivity index (χ2n) is 5.76. The molecule has 152 valence electrons.